The van der Waals surface area contributed by atoms with E-state index in [-0.39, 0.29) is 34.1 Å². The van der Waals surface area contributed by atoms with Gasteiger partial charge in [-0.1, -0.05) is 42.5 Å². The lowest BCUT2D eigenvalue weighted by Gasteiger charge is -2.36. The van der Waals surface area contributed by atoms with Crippen molar-refractivity contribution in [2.75, 3.05) is 19.6 Å². The third kappa shape index (κ3) is 4.89. The lowest BCUT2D eigenvalue weighted by Crippen LogP contribution is -2.45. The lowest BCUT2D eigenvalue weighted by atomic mass is 9.93. The average molecular weight is 493 g/mol. The monoisotopic (exact) mass is 492 g/mol. The first kappa shape index (κ1) is 23.4. The largest absolute Gasteiger partial charge is 0.459 e. The molecule has 0 atom stereocenters. The number of piperidine rings is 1. The summed E-state index contributed by atoms with van der Waals surface area (Å²) in [6.07, 6.45) is 3.39. The SMILES string of the molecule is O=C(c1occc1CS(=O)(=O)c1ccccc1)N1CCC(C(=O)N2CCc3ccccc3C2)CC1. The standard InChI is InChI=1S/C27H28N2O5S/c30-26(29-16-10-20-6-4-5-7-22(20)18-29)21-11-14-28(15-12-21)27(31)25-23(13-17-34-25)19-35(32,33)24-8-2-1-3-9-24/h1-9,13,17,21H,10-12,14-16,18-19H2. The van der Waals surface area contributed by atoms with Crippen LogP contribution in [0.1, 0.15) is 40.1 Å². The molecule has 2 aliphatic heterocycles. The second-order valence-electron chi connectivity index (χ2n) is 9.19. The maximum absolute atomic E-state index is 13.2. The van der Waals surface area contributed by atoms with E-state index in [9.17, 15) is 18.0 Å². The van der Waals surface area contributed by atoms with Gasteiger partial charge in [-0.05, 0) is 48.6 Å². The maximum Gasteiger partial charge on any atom is 0.289 e. The zero-order valence-corrected chi connectivity index (χ0v) is 20.2. The van der Waals surface area contributed by atoms with Crippen molar-refractivity contribution in [1.82, 2.24) is 9.80 Å². The van der Waals surface area contributed by atoms with E-state index in [2.05, 4.69) is 12.1 Å². The maximum atomic E-state index is 13.2. The molecule has 0 aliphatic carbocycles. The normalized spacial score (nSPS) is 16.7. The zero-order valence-electron chi connectivity index (χ0n) is 19.4. The lowest BCUT2D eigenvalue weighted by molar-refractivity contribution is -0.137. The second kappa shape index (κ2) is 9.70. The molecule has 0 unspecified atom stereocenters. The Morgan fingerprint density at radius 1 is 0.857 bits per heavy atom. The van der Waals surface area contributed by atoms with Crippen molar-refractivity contribution in [3.63, 3.8) is 0 Å². The summed E-state index contributed by atoms with van der Waals surface area (Å²) in [5, 5.41) is 0. The summed E-state index contributed by atoms with van der Waals surface area (Å²) in [6, 6.07) is 18.0. The number of amides is 2. The van der Waals surface area contributed by atoms with Crippen LogP contribution in [0.4, 0.5) is 0 Å². The number of nitrogens with zero attached hydrogens (tertiary/aromatic N) is 2. The van der Waals surface area contributed by atoms with E-state index in [0.717, 1.165) is 13.0 Å². The minimum atomic E-state index is -3.60. The molecular weight excluding hydrogens is 464 g/mol. The van der Waals surface area contributed by atoms with E-state index in [4.69, 9.17) is 4.42 Å². The first-order valence-corrected chi connectivity index (χ1v) is 13.6. The van der Waals surface area contributed by atoms with Crippen LogP contribution in [-0.4, -0.2) is 49.7 Å². The quantitative estimate of drug-likeness (QED) is 0.542. The Bertz CT molecular complexity index is 1320. The second-order valence-corrected chi connectivity index (χ2v) is 11.2. The Labute approximate surface area is 205 Å². The molecule has 1 saturated heterocycles. The first-order chi connectivity index (χ1) is 16.9. The molecule has 0 bridgehead atoms. The highest BCUT2D eigenvalue weighted by Crippen LogP contribution is 2.27. The Morgan fingerprint density at radius 2 is 1.54 bits per heavy atom. The van der Waals surface area contributed by atoms with E-state index >= 15 is 0 Å². The van der Waals surface area contributed by atoms with Crippen molar-refractivity contribution >= 4 is 21.7 Å². The van der Waals surface area contributed by atoms with Crippen molar-refractivity contribution in [2.45, 2.75) is 36.5 Å². The highest BCUT2D eigenvalue weighted by atomic mass is 32.2. The van der Waals surface area contributed by atoms with E-state index in [1.807, 2.05) is 17.0 Å². The molecule has 2 amide bonds. The van der Waals surface area contributed by atoms with Gasteiger partial charge in [-0.15, -0.1) is 0 Å². The van der Waals surface area contributed by atoms with Crippen molar-refractivity contribution in [3.05, 3.63) is 89.4 Å². The number of carbonyl (C=O) groups is 2. The number of benzene rings is 2. The molecule has 1 fully saturated rings. The molecule has 1 aromatic heterocycles. The minimum absolute atomic E-state index is 0.0573. The Morgan fingerprint density at radius 3 is 2.29 bits per heavy atom. The van der Waals surface area contributed by atoms with E-state index in [1.165, 1.54) is 23.5 Å². The number of hydrogen-bond acceptors (Lipinski definition) is 5. The number of furan rings is 1. The number of sulfone groups is 1. The van der Waals surface area contributed by atoms with Gasteiger partial charge in [0.05, 0.1) is 16.9 Å². The van der Waals surface area contributed by atoms with Gasteiger partial charge in [0.15, 0.2) is 15.6 Å². The van der Waals surface area contributed by atoms with Crippen molar-refractivity contribution in [3.8, 4) is 0 Å². The van der Waals surface area contributed by atoms with Crippen LogP contribution in [0.3, 0.4) is 0 Å². The molecule has 3 aromatic rings. The van der Waals surface area contributed by atoms with E-state index < -0.39 is 9.84 Å². The molecule has 7 nitrogen and oxygen atoms in total. The first-order valence-electron chi connectivity index (χ1n) is 11.9. The summed E-state index contributed by atoms with van der Waals surface area (Å²) in [4.78, 5) is 30.1. The highest BCUT2D eigenvalue weighted by Gasteiger charge is 2.33. The summed E-state index contributed by atoms with van der Waals surface area (Å²) in [7, 11) is -3.60. The zero-order chi connectivity index (χ0) is 24.4. The molecular formula is C27H28N2O5S. The van der Waals surface area contributed by atoms with Gasteiger partial charge in [0.25, 0.3) is 5.91 Å². The number of carbonyl (C=O) groups excluding carboxylic acids is 2. The summed E-state index contributed by atoms with van der Waals surface area (Å²) < 4.78 is 31.0. The van der Waals surface area contributed by atoms with Crippen molar-refractivity contribution < 1.29 is 22.4 Å². The molecule has 0 radical (unpaired) electrons. The van der Waals surface area contributed by atoms with Crippen molar-refractivity contribution in [2.24, 2.45) is 5.92 Å². The van der Waals surface area contributed by atoms with E-state index in [1.54, 1.807) is 35.2 Å². The van der Waals surface area contributed by atoms with Gasteiger partial charge >= 0.3 is 0 Å². The third-order valence-corrected chi connectivity index (χ3v) is 8.64. The molecule has 3 heterocycles. The van der Waals surface area contributed by atoms with Crippen LogP contribution in [0.25, 0.3) is 0 Å². The average Bonchev–Trinajstić information content (AvgIpc) is 3.35. The third-order valence-electron chi connectivity index (χ3n) is 6.96. The fourth-order valence-electron chi connectivity index (χ4n) is 4.97. The van der Waals surface area contributed by atoms with Gasteiger partial charge < -0.3 is 14.2 Å². The Balaban J connectivity index is 1.21. The van der Waals surface area contributed by atoms with E-state index in [0.29, 0.717) is 38.0 Å². The van der Waals surface area contributed by atoms with Gasteiger partial charge in [0.2, 0.25) is 5.91 Å². The molecule has 2 aliphatic rings. The van der Waals surface area contributed by atoms with Crippen LogP contribution in [0.15, 0.2) is 76.2 Å². The smallest absolute Gasteiger partial charge is 0.289 e. The molecule has 2 aromatic carbocycles. The van der Waals surface area contributed by atoms with Gasteiger partial charge in [0.1, 0.15) is 0 Å². The van der Waals surface area contributed by atoms with Crippen LogP contribution in [0, 0.1) is 5.92 Å². The van der Waals surface area contributed by atoms with Crippen molar-refractivity contribution in [1.29, 1.82) is 0 Å². The minimum Gasteiger partial charge on any atom is -0.459 e. The Kier molecular flexibility index (Phi) is 6.47. The topological polar surface area (TPSA) is 87.9 Å². The van der Waals surface area contributed by atoms with Gasteiger partial charge in [0, 0.05) is 37.7 Å². The van der Waals surface area contributed by atoms with Gasteiger partial charge in [-0.25, -0.2) is 8.42 Å². The molecule has 8 heteroatoms. The highest BCUT2D eigenvalue weighted by molar-refractivity contribution is 7.90. The van der Waals surface area contributed by atoms with Gasteiger partial charge in [-0.2, -0.15) is 0 Å². The van der Waals surface area contributed by atoms with Crippen LogP contribution in [0.5, 0.6) is 0 Å². The number of fused-ring (bicyclic) bond motifs is 1. The molecule has 182 valence electrons. The number of hydrogen-bond donors (Lipinski definition) is 0. The fourth-order valence-corrected chi connectivity index (χ4v) is 6.34. The van der Waals surface area contributed by atoms with Crippen LogP contribution in [-0.2, 0) is 33.4 Å². The Hall–Kier alpha value is -3.39. The summed E-state index contributed by atoms with van der Waals surface area (Å²) in [6.45, 7) is 2.23. The summed E-state index contributed by atoms with van der Waals surface area (Å²) in [5.74, 6) is -0.536. The molecule has 0 saturated carbocycles. The number of likely N-dealkylation sites (tertiary alicyclic amines) is 1. The molecule has 0 N–H and O–H groups in total. The van der Waals surface area contributed by atoms with Crippen LogP contribution >= 0.6 is 0 Å². The van der Waals surface area contributed by atoms with Crippen LogP contribution < -0.4 is 0 Å². The predicted octanol–water partition coefficient (Wildman–Crippen LogP) is 3.69. The summed E-state index contributed by atoms with van der Waals surface area (Å²) in [5.41, 5.74) is 2.86. The predicted molar refractivity (Wildman–Crippen MR) is 130 cm³/mol. The van der Waals surface area contributed by atoms with Crippen LogP contribution in [0.2, 0.25) is 0 Å². The number of rotatable bonds is 5. The molecule has 0 spiro atoms. The molecule has 35 heavy (non-hydrogen) atoms. The summed E-state index contributed by atoms with van der Waals surface area (Å²) >= 11 is 0. The van der Waals surface area contributed by atoms with Gasteiger partial charge in [-0.3, -0.25) is 9.59 Å². The molecule has 5 rings (SSSR count). The fraction of sp³-hybridized carbons (Fsp3) is 0.333.